The Balaban J connectivity index is -0.000000422. The second-order valence-electron chi connectivity index (χ2n) is 6.86. The van der Waals surface area contributed by atoms with Gasteiger partial charge in [0.2, 0.25) is 0 Å². The average molecular weight is 463 g/mol. The summed E-state index contributed by atoms with van der Waals surface area (Å²) in [5, 5.41) is 0. The number of carbonyl (C=O) groups is 1. The lowest BCUT2D eigenvalue weighted by molar-refractivity contribution is -0.104. The van der Waals surface area contributed by atoms with Crippen LogP contribution in [0.2, 0.25) is 0 Å². The highest BCUT2D eigenvalue weighted by Crippen LogP contribution is 2.23. The van der Waals surface area contributed by atoms with Gasteiger partial charge in [-0.05, 0) is 108 Å². The molecule has 0 aliphatic heterocycles. The molecule has 3 nitrogen and oxygen atoms in total. The lowest BCUT2D eigenvalue weighted by Gasteiger charge is -2.08. The summed E-state index contributed by atoms with van der Waals surface area (Å²) in [6.45, 7) is 14.1. The monoisotopic (exact) mass is 462 g/mol. The normalized spacial score (nSPS) is 11.8. The van der Waals surface area contributed by atoms with Crippen LogP contribution in [0.5, 0.6) is 0 Å². The number of nitrogens with zero attached hydrogens (tertiary/aromatic N) is 2. The first-order valence-corrected chi connectivity index (χ1v) is 11.5. The molecule has 0 unspecified atom stereocenters. The van der Waals surface area contributed by atoms with Gasteiger partial charge in [-0.1, -0.05) is 37.8 Å². The van der Waals surface area contributed by atoms with Gasteiger partial charge in [0.1, 0.15) is 6.29 Å². The van der Waals surface area contributed by atoms with Crippen molar-refractivity contribution in [1.29, 1.82) is 0 Å². The summed E-state index contributed by atoms with van der Waals surface area (Å²) in [4.78, 5) is 16.9. The molecule has 0 aromatic carbocycles. The highest BCUT2D eigenvalue weighted by Gasteiger charge is 2.04. The second kappa shape index (κ2) is 25.0. The van der Waals surface area contributed by atoms with Gasteiger partial charge in [-0.2, -0.15) is 12.6 Å². The Bertz CT molecular complexity index is 716. The van der Waals surface area contributed by atoms with E-state index in [2.05, 4.69) is 50.1 Å². The Morgan fingerprint density at radius 3 is 2.09 bits per heavy atom. The van der Waals surface area contributed by atoms with Gasteiger partial charge < -0.3 is 4.90 Å². The van der Waals surface area contributed by atoms with E-state index in [1.54, 1.807) is 30.8 Å². The van der Waals surface area contributed by atoms with Crippen LogP contribution in [-0.2, 0) is 4.79 Å². The van der Waals surface area contributed by atoms with Gasteiger partial charge in [0.25, 0.3) is 0 Å². The predicted molar refractivity (Wildman–Crippen MR) is 145 cm³/mol. The number of carbonyl (C=O) groups excluding carboxylic acids is 1. The Kier molecular flexibility index (Phi) is 26.9. The van der Waals surface area contributed by atoms with Crippen LogP contribution in [0.25, 0.3) is 5.57 Å². The summed E-state index contributed by atoms with van der Waals surface area (Å²) in [6.07, 6.45) is 16.8. The summed E-state index contributed by atoms with van der Waals surface area (Å²) in [5.74, 6) is -0.135. The van der Waals surface area contributed by atoms with Crippen LogP contribution in [-0.4, -0.2) is 43.1 Å². The molecule has 0 saturated carbocycles. The third-order valence-corrected chi connectivity index (χ3v) is 3.93. The fraction of sp³-hybridized carbons (Fsp3) is 0.407. The molecule has 0 spiro atoms. The fourth-order valence-corrected chi connectivity index (χ4v) is 2.28. The van der Waals surface area contributed by atoms with Gasteiger partial charge in [0.15, 0.2) is 0 Å². The van der Waals surface area contributed by atoms with Crippen molar-refractivity contribution in [1.82, 2.24) is 9.88 Å². The van der Waals surface area contributed by atoms with Crippen molar-refractivity contribution in [3.63, 3.8) is 0 Å². The van der Waals surface area contributed by atoms with Gasteiger partial charge in [-0.15, -0.1) is 0 Å². The number of thiol groups is 1. The van der Waals surface area contributed by atoms with E-state index in [4.69, 9.17) is 0 Å². The molecule has 180 valence electrons. The van der Waals surface area contributed by atoms with Crippen molar-refractivity contribution in [2.45, 2.75) is 47.5 Å². The molecular formula is C27H43FN2OS. The Morgan fingerprint density at radius 1 is 1.19 bits per heavy atom. The van der Waals surface area contributed by atoms with E-state index in [-0.39, 0.29) is 5.83 Å². The van der Waals surface area contributed by atoms with Crippen LogP contribution < -0.4 is 0 Å². The molecule has 0 aliphatic rings. The van der Waals surface area contributed by atoms with Crippen LogP contribution in [0.3, 0.4) is 0 Å². The number of hydrogen-bond donors (Lipinski definition) is 1. The first kappa shape index (κ1) is 34.4. The van der Waals surface area contributed by atoms with Crippen molar-refractivity contribution in [2.75, 3.05) is 26.9 Å². The van der Waals surface area contributed by atoms with Crippen LogP contribution >= 0.6 is 12.6 Å². The zero-order valence-electron chi connectivity index (χ0n) is 21.2. The smallest absolute Gasteiger partial charge is 0.146 e. The van der Waals surface area contributed by atoms with Gasteiger partial charge in [0, 0.05) is 12.4 Å². The fourth-order valence-electron chi connectivity index (χ4n) is 2.28. The zero-order valence-corrected chi connectivity index (χ0v) is 22.1. The van der Waals surface area contributed by atoms with E-state index >= 15 is 0 Å². The lowest BCUT2D eigenvalue weighted by atomic mass is 9.96. The summed E-state index contributed by atoms with van der Waals surface area (Å²) in [5.41, 5.74) is 3.95. The summed E-state index contributed by atoms with van der Waals surface area (Å²) >= 11 is 3.53. The van der Waals surface area contributed by atoms with Crippen LogP contribution in [0, 0.1) is 0 Å². The Morgan fingerprint density at radius 2 is 1.75 bits per heavy atom. The maximum atomic E-state index is 11.9. The largest absolute Gasteiger partial charge is 0.309 e. The zero-order chi connectivity index (χ0) is 25.4. The second-order valence-corrected chi connectivity index (χ2v) is 6.86. The number of rotatable bonds is 8. The van der Waals surface area contributed by atoms with Crippen LogP contribution in [0.15, 0.2) is 78.5 Å². The highest BCUT2D eigenvalue weighted by molar-refractivity contribution is 7.79. The standard InChI is InChI=1S/C13H15NO.C8H11F.C5H13N.CH4S/c1-4-13(11(3)10(2)9-15)12-5-7-14-8-6-12;1-3-4-5-6-7-8(2)9;1-4-5-6(2)3;1-2/h4-9H,1-3H3;3-5,7H,1,6H2,2H3;4-5H2,1-3H3;2H,1H3/b11-10+,13-4+;5-4-,8-7+;;. The molecule has 0 atom stereocenters. The first-order valence-electron chi connectivity index (χ1n) is 10.6. The van der Waals surface area contributed by atoms with Gasteiger partial charge in [-0.25, -0.2) is 4.39 Å². The molecular weight excluding hydrogens is 419 g/mol. The molecule has 0 saturated heterocycles. The maximum Gasteiger partial charge on any atom is 0.146 e. The molecule has 0 N–H and O–H groups in total. The van der Waals surface area contributed by atoms with E-state index in [0.717, 1.165) is 28.6 Å². The molecule has 0 amide bonds. The SMILES string of the molecule is C/C=C(\C(C)=C(/C)C=O)c1ccncc1.C=C/C=C\C/C=C(\C)F.CCCN(C)C.CS. The number of halogens is 1. The first-order chi connectivity index (χ1) is 15.2. The van der Waals surface area contributed by atoms with Crippen molar-refractivity contribution in [2.24, 2.45) is 0 Å². The topological polar surface area (TPSA) is 33.2 Å². The molecule has 5 heteroatoms. The van der Waals surface area contributed by atoms with Crippen molar-refractivity contribution >= 4 is 24.5 Å². The minimum atomic E-state index is -0.135. The van der Waals surface area contributed by atoms with Crippen molar-refractivity contribution in [3.8, 4) is 0 Å². The Labute approximate surface area is 201 Å². The summed E-state index contributed by atoms with van der Waals surface area (Å²) in [7, 11) is 4.17. The lowest BCUT2D eigenvalue weighted by Crippen LogP contribution is -2.11. The number of aldehydes is 1. The number of allylic oxidation sites excluding steroid dienone is 9. The van der Waals surface area contributed by atoms with Gasteiger partial charge >= 0.3 is 0 Å². The van der Waals surface area contributed by atoms with Crippen LogP contribution in [0.1, 0.15) is 53.0 Å². The Hall–Kier alpha value is -2.24. The minimum Gasteiger partial charge on any atom is -0.309 e. The number of aromatic nitrogens is 1. The van der Waals surface area contributed by atoms with Gasteiger partial charge in [-0.3, -0.25) is 9.78 Å². The number of hydrogen-bond acceptors (Lipinski definition) is 4. The molecule has 1 heterocycles. The molecule has 1 aromatic heterocycles. The molecule has 0 fully saturated rings. The van der Waals surface area contributed by atoms with Crippen molar-refractivity contribution in [3.05, 3.63) is 84.0 Å². The van der Waals surface area contributed by atoms with E-state index < -0.39 is 0 Å². The maximum absolute atomic E-state index is 11.9. The van der Waals surface area contributed by atoms with Crippen molar-refractivity contribution < 1.29 is 9.18 Å². The molecule has 1 aromatic rings. The highest BCUT2D eigenvalue weighted by atomic mass is 32.1. The molecule has 0 radical (unpaired) electrons. The molecule has 32 heavy (non-hydrogen) atoms. The quantitative estimate of drug-likeness (QED) is 0.188. The number of pyridine rings is 1. The van der Waals surface area contributed by atoms with E-state index in [1.165, 1.54) is 26.0 Å². The van der Waals surface area contributed by atoms with Crippen LogP contribution in [0.4, 0.5) is 4.39 Å². The summed E-state index contributed by atoms with van der Waals surface area (Å²) in [6, 6.07) is 3.88. The van der Waals surface area contributed by atoms with E-state index in [1.807, 2.05) is 45.1 Å². The van der Waals surface area contributed by atoms with E-state index in [9.17, 15) is 9.18 Å². The average Bonchev–Trinajstić information content (AvgIpc) is 2.79. The molecule has 1 rings (SSSR count). The molecule has 0 aliphatic carbocycles. The third-order valence-electron chi connectivity index (χ3n) is 3.93. The predicted octanol–water partition coefficient (Wildman–Crippen LogP) is 7.52. The molecule has 0 bridgehead atoms. The minimum absolute atomic E-state index is 0.135. The summed E-state index contributed by atoms with van der Waals surface area (Å²) < 4.78 is 11.9. The third kappa shape index (κ3) is 21.0. The van der Waals surface area contributed by atoms with E-state index in [0.29, 0.717) is 6.42 Å². The van der Waals surface area contributed by atoms with Gasteiger partial charge in [0.05, 0.1) is 5.83 Å².